The minimum Gasteiger partial charge on any atom is -0.466 e. The number of allylic oxidation sites excluding steroid dienone is 1. The van der Waals surface area contributed by atoms with Gasteiger partial charge in [-0.25, -0.2) is 4.79 Å². The van der Waals surface area contributed by atoms with Gasteiger partial charge in [0.05, 0.1) is 13.8 Å². The van der Waals surface area contributed by atoms with Crippen molar-refractivity contribution in [2.24, 2.45) is 0 Å². The van der Waals surface area contributed by atoms with Gasteiger partial charge in [0.15, 0.2) is 5.78 Å². The highest BCUT2D eigenvalue weighted by molar-refractivity contribution is 6.02. The molecule has 0 amide bonds. The van der Waals surface area contributed by atoms with E-state index in [-0.39, 0.29) is 12.5 Å². The van der Waals surface area contributed by atoms with Crippen LogP contribution in [-0.2, 0) is 14.3 Å². The molecule has 0 unspecified atom stereocenters. The number of hydrogen-bond acceptors (Lipinski definition) is 3. The second-order valence-electron chi connectivity index (χ2n) is 3.65. The summed E-state index contributed by atoms with van der Waals surface area (Å²) in [7, 11) is 1.29. The maximum Gasteiger partial charge on any atom is 0.334 e. The lowest BCUT2D eigenvalue weighted by molar-refractivity contribution is -0.136. The van der Waals surface area contributed by atoms with E-state index < -0.39 is 5.97 Å². The fourth-order valence-electron chi connectivity index (χ4n) is 1.35. The lowest BCUT2D eigenvalue weighted by atomic mass is 10.0. The molecule has 0 atom stereocenters. The maximum absolute atomic E-state index is 11.9. The topological polar surface area (TPSA) is 43.4 Å². The quantitative estimate of drug-likeness (QED) is 0.383. The number of halogens is 1. The van der Waals surface area contributed by atoms with Crippen LogP contribution < -0.4 is 0 Å². The molecule has 0 N–H and O–H groups in total. The monoisotopic (exact) mass is 230 g/mol. The highest BCUT2D eigenvalue weighted by Gasteiger charge is 2.15. The standard InChI is InChI=1S/C12H19FO3/c1-9(10(2)14)11(12(15)16-3)7-5-4-6-8-13/h4-8H2,1-3H3/b11-9-. The largest absolute Gasteiger partial charge is 0.466 e. The van der Waals surface area contributed by atoms with Crippen molar-refractivity contribution in [2.45, 2.75) is 39.5 Å². The Kier molecular flexibility index (Phi) is 7.42. The maximum atomic E-state index is 11.9. The number of carbonyl (C=O) groups excluding carboxylic acids is 2. The van der Waals surface area contributed by atoms with Gasteiger partial charge in [-0.3, -0.25) is 9.18 Å². The average Bonchev–Trinajstić information content (AvgIpc) is 2.27. The molecule has 92 valence electrons. The second kappa shape index (κ2) is 8.02. The molecule has 3 nitrogen and oxygen atoms in total. The molecule has 16 heavy (non-hydrogen) atoms. The van der Waals surface area contributed by atoms with Gasteiger partial charge in [0.1, 0.15) is 0 Å². The number of unbranched alkanes of at least 4 members (excludes halogenated alkanes) is 2. The molecule has 0 aliphatic heterocycles. The molecule has 0 aromatic heterocycles. The van der Waals surface area contributed by atoms with Crippen molar-refractivity contribution in [1.82, 2.24) is 0 Å². The Bertz CT molecular complexity index is 282. The molecule has 0 aromatic rings. The molecule has 0 bridgehead atoms. The van der Waals surface area contributed by atoms with E-state index in [0.29, 0.717) is 36.8 Å². The van der Waals surface area contributed by atoms with Crippen LogP contribution in [0.5, 0.6) is 0 Å². The van der Waals surface area contributed by atoms with Crippen LogP contribution in [0.1, 0.15) is 39.5 Å². The summed E-state index contributed by atoms with van der Waals surface area (Å²) in [4.78, 5) is 22.6. The Morgan fingerprint density at radius 3 is 2.19 bits per heavy atom. The Morgan fingerprint density at radius 1 is 1.12 bits per heavy atom. The van der Waals surface area contributed by atoms with E-state index in [9.17, 15) is 14.0 Å². The number of carbonyl (C=O) groups is 2. The lowest BCUT2D eigenvalue weighted by Gasteiger charge is -2.08. The van der Waals surface area contributed by atoms with Crippen molar-refractivity contribution in [3.8, 4) is 0 Å². The van der Waals surface area contributed by atoms with Crippen LogP contribution in [0.4, 0.5) is 4.39 Å². The van der Waals surface area contributed by atoms with Crippen molar-refractivity contribution in [1.29, 1.82) is 0 Å². The smallest absolute Gasteiger partial charge is 0.334 e. The third kappa shape index (κ3) is 5.05. The first-order valence-electron chi connectivity index (χ1n) is 5.39. The van der Waals surface area contributed by atoms with Crippen molar-refractivity contribution in [3.63, 3.8) is 0 Å². The van der Waals surface area contributed by atoms with Crippen molar-refractivity contribution in [2.75, 3.05) is 13.8 Å². The molecule has 0 saturated heterocycles. The molecule has 4 heteroatoms. The number of Topliss-reactive ketones (excluding diaryl/α,β-unsaturated/α-hetero) is 1. The first-order chi connectivity index (χ1) is 7.54. The van der Waals surface area contributed by atoms with E-state index in [1.54, 1.807) is 6.92 Å². The van der Waals surface area contributed by atoms with Gasteiger partial charge in [-0.15, -0.1) is 0 Å². The van der Waals surface area contributed by atoms with E-state index in [1.807, 2.05) is 0 Å². The summed E-state index contributed by atoms with van der Waals surface area (Å²) in [6.07, 6.45) is 2.37. The predicted molar refractivity (Wildman–Crippen MR) is 59.8 cm³/mol. The second-order valence-corrected chi connectivity index (χ2v) is 3.65. The van der Waals surface area contributed by atoms with Crippen LogP contribution in [0.2, 0.25) is 0 Å². The van der Waals surface area contributed by atoms with Gasteiger partial charge < -0.3 is 4.74 Å². The minimum absolute atomic E-state index is 0.133. The zero-order chi connectivity index (χ0) is 12.6. The van der Waals surface area contributed by atoms with Crippen LogP contribution in [0.15, 0.2) is 11.1 Å². The number of alkyl halides is 1. The Morgan fingerprint density at radius 2 is 1.75 bits per heavy atom. The lowest BCUT2D eigenvalue weighted by Crippen LogP contribution is -2.10. The van der Waals surface area contributed by atoms with Gasteiger partial charge in [-0.1, -0.05) is 6.42 Å². The van der Waals surface area contributed by atoms with Crippen LogP contribution in [-0.4, -0.2) is 25.5 Å². The molecule has 0 fully saturated rings. The van der Waals surface area contributed by atoms with Crippen LogP contribution in [0, 0.1) is 0 Å². The first-order valence-corrected chi connectivity index (χ1v) is 5.39. The van der Waals surface area contributed by atoms with E-state index in [1.165, 1.54) is 14.0 Å². The summed E-state index contributed by atoms with van der Waals surface area (Å²) in [5.74, 6) is -0.598. The van der Waals surface area contributed by atoms with Gasteiger partial charge in [0, 0.05) is 11.1 Å². The van der Waals surface area contributed by atoms with Gasteiger partial charge in [0.25, 0.3) is 0 Å². The first kappa shape index (κ1) is 14.8. The van der Waals surface area contributed by atoms with E-state index in [2.05, 4.69) is 4.74 Å². The third-order valence-corrected chi connectivity index (χ3v) is 2.47. The zero-order valence-corrected chi connectivity index (χ0v) is 10.1. The van der Waals surface area contributed by atoms with E-state index >= 15 is 0 Å². The SMILES string of the molecule is COC(=O)/C(CCCCCF)=C(/C)C(C)=O. The van der Waals surface area contributed by atoms with Crippen molar-refractivity contribution >= 4 is 11.8 Å². The van der Waals surface area contributed by atoms with Crippen LogP contribution >= 0.6 is 0 Å². The van der Waals surface area contributed by atoms with Gasteiger partial charge in [-0.2, -0.15) is 0 Å². The number of hydrogen-bond donors (Lipinski definition) is 0. The summed E-state index contributed by atoms with van der Waals surface area (Å²) < 4.78 is 16.5. The molecular weight excluding hydrogens is 211 g/mol. The number of rotatable bonds is 7. The third-order valence-electron chi connectivity index (χ3n) is 2.47. The Labute approximate surface area is 95.7 Å². The van der Waals surface area contributed by atoms with E-state index in [4.69, 9.17) is 0 Å². The number of ketones is 1. The highest BCUT2D eigenvalue weighted by atomic mass is 19.1. The molecule has 0 aliphatic carbocycles. The van der Waals surface area contributed by atoms with Gasteiger partial charge in [0.2, 0.25) is 0 Å². The molecule has 0 aliphatic rings. The number of methoxy groups -OCH3 is 1. The molecular formula is C12H19FO3. The average molecular weight is 230 g/mol. The van der Waals surface area contributed by atoms with E-state index in [0.717, 1.165) is 0 Å². The highest BCUT2D eigenvalue weighted by Crippen LogP contribution is 2.16. The molecule has 0 saturated carbocycles. The summed E-state index contributed by atoms with van der Waals surface area (Å²) in [6.45, 7) is 2.69. The zero-order valence-electron chi connectivity index (χ0n) is 10.1. The van der Waals surface area contributed by atoms with Crippen molar-refractivity contribution in [3.05, 3.63) is 11.1 Å². The molecule has 0 aromatic carbocycles. The van der Waals surface area contributed by atoms with Crippen molar-refractivity contribution < 1.29 is 18.7 Å². The molecule has 0 radical (unpaired) electrons. The molecule has 0 rings (SSSR count). The Balaban J connectivity index is 4.51. The summed E-state index contributed by atoms with van der Waals surface area (Å²) in [6, 6.07) is 0. The fraction of sp³-hybridized carbons (Fsp3) is 0.667. The van der Waals surface area contributed by atoms with Crippen LogP contribution in [0.3, 0.4) is 0 Å². The summed E-state index contributed by atoms with van der Waals surface area (Å²) >= 11 is 0. The van der Waals surface area contributed by atoms with Gasteiger partial charge in [-0.05, 0) is 33.1 Å². The number of ether oxygens (including phenoxy) is 1. The van der Waals surface area contributed by atoms with Gasteiger partial charge >= 0.3 is 5.97 Å². The molecule has 0 heterocycles. The molecule has 0 spiro atoms. The summed E-state index contributed by atoms with van der Waals surface area (Å²) in [5.41, 5.74) is 0.848. The van der Waals surface area contributed by atoms with Crippen LogP contribution in [0.25, 0.3) is 0 Å². The predicted octanol–water partition coefficient (Wildman–Crippen LogP) is 2.59. The number of esters is 1. The normalized spacial score (nSPS) is 12.0. The minimum atomic E-state index is -0.465. The summed E-state index contributed by atoms with van der Waals surface area (Å²) in [5, 5.41) is 0. The Hall–Kier alpha value is -1.19. The fourth-order valence-corrected chi connectivity index (χ4v) is 1.35.